The Balaban J connectivity index is 1.37. The summed E-state index contributed by atoms with van der Waals surface area (Å²) in [5, 5.41) is 3.03. The summed E-state index contributed by atoms with van der Waals surface area (Å²) in [7, 11) is 2.02. The summed E-state index contributed by atoms with van der Waals surface area (Å²) < 4.78 is 5.00. The third-order valence-corrected chi connectivity index (χ3v) is 6.10. The molecule has 0 saturated carbocycles. The molecule has 6 heteroatoms. The van der Waals surface area contributed by atoms with E-state index < -0.39 is 0 Å². The molecule has 0 radical (unpaired) electrons. The number of nitrogens with zero attached hydrogens (tertiary/aromatic N) is 3. The summed E-state index contributed by atoms with van der Waals surface area (Å²) in [6.45, 7) is 2.54. The van der Waals surface area contributed by atoms with Crippen LogP contribution in [-0.4, -0.2) is 33.0 Å². The van der Waals surface area contributed by atoms with Gasteiger partial charge in [0.05, 0.1) is 12.4 Å². The van der Waals surface area contributed by atoms with Crippen molar-refractivity contribution in [1.29, 1.82) is 0 Å². The first kappa shape index (κ1) is 19.6. The molecule has 150 valence electrons. The zero-order valence-electron chi connectivity index (χ0n) is 16.6. The van der Waals surface area contributed by atoms with Crippen LogP contribution in [0.25, 0.3) is 11.3 Å². The van der Waals surface area contributed by atoms with E-state index in [1.807, 2.05) is 55.6 Å². The van der Waals surface area contributed by atoms with Gasteiger partial charge in [0.1, 0.15) is 0 Å². The molecule has 1 fully saturated rings. The molecule has 2 aromatic carbocycles. The number of anilines is 1. The van der Waals surface area contributed by atoms with Crippen molar-refractivity contribution in [1.82, 2.24) is 14.0 Å². The third-order valence-electron chi connectivity index (χ3n) is 5.59. The number of nitrogens with one attached hydrogen (secondary N) is 1. The number of aromatic nitrogens is 2. The zero-order valence-corrected chi connectivity index (χ0v) is 17.4. The molecule has 1 aromatic heterocycles. The van der Waals surface area contributed by atoms with E-state index in [1.54, 1.807) is 0 Å². The van der Waals surface area contributed by atoms with E-state index in [2.05, 4.69) is 37.7 Å². The molecule has 4 rings (SSSR count). The van der Waals surface area contributed by atoms with Gasteiger partial charge in [-0.15, -0.1) is 0 Å². The maximum Gasteiger partial charge on any atom is 0.227 e. The second kappa shape index (κ2) is 8.76. The van der Waals surface area contributed by atoms with Gasteiger partial charge in [-0.3, -0.25) is 9.69 Å². The normalized spacial score (nSPS) is 15.3. The highest BCUT2D eigenvalue weighted by atomic mass is 32.1. The number of rotatable bonds is 5. The minimum absolute atomic E-state index is 0.0649. The topological polar surface area (TPSA) is 42.2 Å². The number of amides is 1. The van der Waals surface area contributed by atoms with Crippen molar-refractivity contribution in [2.75, 3.05) is 18.4 Å². The highest BCUT2D eigenvalue weighted by Gasteiger charge is 2.25. The largest absolute Gasteiger partial charge is 0.326 e. The van der Waals surface area contributed by atoms with Gasteiger partial charge < -0.3 is 14.5 Å². The summed E-state index contributed by atoms with van der Waals surface area (Å²) in [5.74, 6) is 0.189. The lowest BCUT2D eigenvalue weighted by molar-refractivity contribution is -0.121. The van der Waals surface area contributed by atoms with E-state index in [4.69, 9.17) is 12.2 Å². The van der Waals surface area contributed by atoms with Gasteiger partial charge in [0.25, 0.3) is 0 Å². The fourth-order valence-corrected chi connectivity index (χ4v) is 4.09. The van der Waals surface area contributed by atoms with Crippen LogP contribution in [0.1, 0.15) is 12.8 Å². The number of para-hydroxylation sites is 1. The summed E-state index contributed by atoms with van der Waals surface area (Å²) in [6, 6.07) is 20.0. The van der Waals surface area contributed by atoms with Crippen molar-refractivity contribution in [2.24, 2.45) is 13.0 Å². The first-order chi connectivity index (χ1) is 14.1. The Bertz CT molecular complexity index is 1020. The Hall–Kier alpha value is -2.70. The first-order valence-corrected chi connectivity index (χ1v) is 10.4. The first-order valence-electron chi connectivity index (χ1n) is 10.0. The maximum atomic E-state index is 12.5. The Morgan fingerprint density at radius 3 is 2.31 bits per heavy atom. The van der Waals surface area contributed by atoms with Gasteiger partial charge in [0, 0.05) is 37.9 Å². The fraction of sp³-hybridized carbons (Fsp3) is 0.304. The van der Waals surface area contributed by atoms with Crippen LogP contribution in [-0.2, 0) is 18.5 Å². The molecule has 2 heterocycles. The van der Waals surface area contributed by atoms with Crippen LogP contribution in [0.2, 0.25) is 0 Å². The quantitative estimate of drug-likeness (QED) is 0.633. The molecule has 0 bridgehead atoms. The molecule has 1 amide bonds. The van der Waals surface area contributed by atoms with Crippen LogP contribution in [0.15, 0.2) is 66.9 Å². The van der Waals surface area contributed by atoms with E-state index in [0.717, 1.165) is 54.3 Å². The standard InChI is InChI=1S/C23H26N4OS/c1-25-21(18-8-4-2-5-9-18)16-27(23(25)29)17-26-14-12-19(13-15-26)22(28)24-20-10-6-3-7-11-20/h2-11,16,19H,12-15,17H2,1H3,(H,24,28). The van der Waals surface area contributed by atoms with Crippen LogP contribution in [0.4, 0.5) is 5.69 Å². The van der Waals surface area contributed by atoms with Crippen molar-refractivity contribution in [3.8, 4) is 11.3 Å². The van der Waals surface area contributed by atoms with Gasteiger partial charge in [-0.2, -0.15) is 0 Å². The SMILES string of the molecule is Cn1c(-c2ccccc2)cn(CN2CCC(C(=O)Nc3ccccc3)CC2)c1=S. The molecule has 1 N–H and O–H groups in total. The number of benzene rings is 2. The zero-order chi connectivity index (χ0) is 20.2. The van der Waals surface area contributed by atoms with Crippen molar-refractivity contribution >= 4 is 23.8 Å². The van der Waals surface area contributed by atoms with Crippen LogP contribution < -0.4 is 5.32 Å². The van der Waals surface area contributed by atoms with E-state index in [0.29, 0.717) is 0 Å². The molecular formula is C23H26N4OS. The highest BCUT2D eigenvalue weighted by molar-refractivity contribution is 7.71. The molecule has 1 aliphatic heterocycles. The van der Waals surface area contributed by atoms with Crippen molar-refractivity contribution < 1.29 is 4.79 Å². The van der Waals surface area contributed by atoms with Crippen molar-refractivity contribution in [3.05, 3.63) is 71.6 Å². The van der Waals surface area contributed by atoms with Crippen molar-refractivity contribution in [2.45, 2.75) is 19.5 Å². The Morgan fingerprint density at radius 1 is 1.03 bits per heavy atom. The smallest absolute Gasteiger partial charge is 0.227 e. The molecule has 3 aromatic rings. The average Bonchev–Trinajstić information content (AvgIpc) is 3.04. The van der Waals surface area contributed by atoms with Crippen molar-refractivity contribution in [3.63, 3.8) is 0 Å². The molecule has 5 nitrogen and oxygen atoms in total. The summed E-state index contributed by atoms with van der Waals surface area (Å²) in [5.41, 5.74) is 3.15. The maximum absolute atomic E-state index is 12.5. The van der Waals surface area contributed by atoms with E-state index >= 15 is 0 Å². The summed E-state index contributed by atoms with van der Waals surface area (Å²) >= 11 is 5.66. The number of piperidine rings is 1. The van der Waals surface area contributed by atoms with E-state index in [-0.39, 0.29) is 11.8 Å². The monoisotopic (exact) mass is 406 g/mol. The Labute approximate surface area is 176 Å². The van der Waals surface area contributed by atoms with Gasteiger partial charge in [-0.1, -0.05) is 48.5 Å². The van der Waals surface area contributed by atoms with E-state index in [9.17, 15) is 4.79 Å². The number of imidazole rings is 1. The van der Waals surface area contributed by atoms with Gasteiger partial charge in [0.15, 0.2) is 4.77 Å². The van der Waals surface area contributed by atoms with Crippen LogP contribution in [0, 0.1) is 10.7 Å². The molecule has 0 unspecified atom stereocenters. The summed E-state index contributed by atoms with van der Waals surface area (Å²) in [4.78, 5) is 14.9. The fourth-order valence-electron chi connectivity index (χ4n) is 3.88. The molecule has 1 saturated heterocycles. The van der Waals surface area contributed by atoms with E-state index in [1.165, 1.54) is 0 Å². The average molecular weight is 407 g/mol. The highest BCUT2D eigenvalue weighted by Crippen LogP contribution is 2.23. The Morgan fingerprint density at radius 2 is 1.66 bits per heavy atom. The number of likely N-dealkylation sites (tertiary alicyclic amines) is 1. The molecule has 29 heavy (non-hydrogen) atoms. The van der Waals surface area contributed by atoms with Gasteiger partial charge >= 0.3 is 0 Å². The third kappa shape index (κ3) is 4.49. The van der Waals surface area contributed by atoms with Crippen LogP contribution in [0.3, 0.4) is 0 Å². The number of hydrogen-bond acceptors (Lipinski definition) is 3. The van der Waals surface area contributed by atoms with Gasteiger partial charge in [0.2, 0.25) is 5.91 Å². The molecular weight excluding hydrogens is 380 g/mol. The Kier molecular flexibility index (Phi) is 5.92. The lowest BCUT2D eigenvalue weighted by atomic mass is 9.96. The molecule has 0 atom stereocenters. The van der Waals surface area contributed by atoms with Crippen LogP contribution in [0.5, 0.6) is 0 Å². The molecule has 0 aliphatic carbocycles. The number of carbonyl (C=O) groups excluding carboxylic acids is 1. The predicted molar refractivity (Wildman–Crippen MR) is 119 cm³/mol. The van der Waals surface area contributed by atoms with Gasteiger partial charge in [-0.05, 0) is 42.8 Å². The minimum atomic E-state index is 0.0649. The molecule has 0 spiro atoms. The van der Waals surface area contributed by atoms with Gasteiger partial charge in [-0.25, -0.2) is 0 Å². The predicted octanol–water partition coefficient (Wildman–Crippen LogP) is 4.53. The number of carbonyl (C=O) groups is 1. The second-order valence-corrected chi connectivity index (χ2v) is 7.95. The minimum Gasteiger partial charge on any atom is -0.326 e. The summed E-state index contributed by atoms with van der Waals surface area (Å²) in [6.07, 6.45) is 3.86. The lowest BCUT2D eigenvalue weighted by Gasteiger charge is -2.31. The number of hydrogen-bond donors (Lipinski definition) is 1. The molecule has 1 aliphatic rings. The second-order valence-electron chi connectivity index (χ2n) is 7.58. The lowest BCUT2D eigenvalue weighted by Crippen LogP contribution is -2.39. The van der Waals surface area contributed by atoms with Crippen LogP contribution >= 0.6 is 12.2 Å².